The van der Waals surface area contributed by atoms with E-state index in [1.165, 1.54) is 0 Å². The lowest BCUT2D eigenvalue weighted by atomic mass is 9.73. The number of aromatic nitrogens is 1. The summed E-state index contributed by atoms with van der Waals surface area (Å²) in [5, 5.41) is 4.33. The molecule has 7 heteroatoms. The zero-order chi connectivity index (χ0) is 22.5. The number of Topliss-reactive ketones (excluding diaryl/α,β-unsaturated/α-hetero) is 1. The highest BCUT2D eigenvalue weighted by Crippen LogP contribution is 2.49. The van der Waals surface area contributed by atoms with E-state index in [0.717, 1.165) is 5.70 Å². The minimum Gasteiger partial charge on any atom is -0.355 e. The van der Waals surface area contributed by atoms with Gasteiger partial charge in [-0.3, -0.25) is 14.5 Å². The number of pyridine rings is 1. The largest absolute Gasteiger partial charge is 0.355 e. The number of benzene rings is 1. The van der Waals surface area contributed by atoms with Crippen LogP contribution in [0.15, 0.2) is 47.8 Å². The Kier molecular flexibility index (Phi) is 5.61. The van der Waals surface area contributed by atoms with Crippen molar-refractivity contribution in [3.05, 3.63) is 63.4 Å². The summed E-state index contributed by atoms with van der Waals surface area (Å²) in [6, 6.07) is 8.17. The van der Waals surface area contributed by atoms with E-state index in [4.69, 9.17) is 23.2 Å². The van der Waals surface area contributed by atoms with Crippen molar-refractivity contribution in [3.63, 3.8) is 0 Å². The second kappa shape index (κ2) is 7.95. The number of nitrogens with zero attached hydrogens (tertiary/aromatic N) is 2. The SMILES string of the molecule is CC(C)C(=O)N1c2ncccc2NC2=C(C(=O)CC(C)(C)C2)C1c1ccc(Cl)cc1Cl. The molecule has 31 heavy (non-hydrogen) atoms. The first-order valence-electron chi connectivity index (χ1n) is 10.4. The van der Waals surface area contributed by atoms with Crippen molar-refractivity contribution in [2.24, 2.45) is 11.3 Å². The summed E-state index contributed by atoms with van der Waals surface area (Å²) < 4.78 is 0. The first-order valence-corrected chi connectivity index (χ1v) is 11.1. The Hall–Kier alpha value is -2.37. The number of carbonyl (C=O) groups excluding carboxylic acids is 2. The molecule has 2 heterocycles. The number of nitrogens with one attached hydrogen (secondary N) is 1. The zero-order valence-corrected chi connectivity index (χ0v) is 19.5. The van der Waals surface area contributed by atoms with Crippen LogP contribution in [0.3, 0.4) is 0 Å². The third-order valence-electron chi connectivity index (χ3n) is 5.74. The lowest BCUT2D eigenvalue weighted by molar-refractivity contribution is -0.122. The summed E-state index contributed by atoms with van der Waals surface area (Å²) in [6.07, 6.45) is 2.72. The summed E-state index contributed by atoms with van der Waals surface area (Å²) in [7, 11) is 0. The Morgan fingerprint density at radius 2 is 1.97 bits per heavy atom. The highest BCUT2D eigenvalue weighted by molar-refractivity contribution is 6.35. The molecule has 1 amide bonds. The molecule has 0 fully saturated rings. The van der Waals surface area contributed by atoms with Crippen molar-refractivity contribution < 1.29 is 9.59 Å². The van der Waals surface area contributed by atoms with Crippen LogP contribution < -0.4 is 10.2 Å². The van der Waals surface area contributed by atoms with Crippen LogP contribution in [-0.4, -0.2) is 16.7 Å². The number of rotatable bonds is 2. The maximum Gasteiger partial charge on any atom is 0.231 e. The van der Waals surface area contributed by atoms with Crippen LogP contribution in [-0.2, 0) is 9.59 Å². The molecule has 1 atom stereocenters. The predicted molar refractivity (Wildman–Crippen MR) is 124 cm³/mol. The molecule has 0 bridgehead atoms. The summed E-state index contributed by atoms with van der Waals surface area (Å²) in [5.41, 5.74) is 2.53. The number of carbonyl (C=O) groups is 2. The van der Waals surface area contributed by atoms with E-state index < -0.39 is 6.04 Å². The maximum atomic E-state index is 13.5. The van der Waals surface area contributed by atoms with Gasteiger partial charge in [0.25, 0.3) is 0 Å². The molecule has 2 aliphatic rings. The smallest absolute Gasteiger partial charge is 0.231 e. The highest BCUT2D eigenvalue weighted by atomic mass is 35.5. The van der Waals surface area contributed by atoms with Crippen LogP contribution in [0.1, 0.15) is 52.1 Å². The highest BCUT2D eigenvalue weighted by Gasteiger charge is 2.44. The van der Waals surface area contributed by atoms with Gasteiger partial charge in [0.2, 0.25) is 5.91 Å². The molecule has 2 aromatic rings. The van der Waals surface area contributed by atoms with Crippen LogP contribution >= 0.6 is 23.2 Å². The van der Waals surface area contributed by atoms with Crippen molar-refractivity contribution in [3.8, 4) is 0 Å². The summed E-state index contributed by atoms with van der Waals surface area (Å²) in [4.78, 5) is 33.2. The van der Waals surface area contributed by atoms with Gasteiger partial charge < -0.3 is 5.32 Å². The lowest BCUT2D eigenvalue weighted by Crippen LogP contribution is -2.41. The Balaban J connectivity index is 2.05. The van der Waals surface area contributed by atoms with Crippen LogP contribution in [0.25, 0.3) is 0 Å². The van der Waals surface area contributed by atoms with Gasteiger partial charge in [-0.1, -0.05) is 57.0 Å². The summed E-state index contributed by atoms with van der Waals surface area (Å²) in [6.45, 7) is 7.83. The first-order chi connectivity index (χ1) is 14.6. The van der Waals surface area contributed by atoms with E-state index >= 15 is 0 Å². The van der Waals surface area contributed by atoms with Crippen LogP contribution in [0.4, 0.5) is 11.5 Å². The van der Waals surface area contributed by atoms with Crippen molar-refractivity contribution in [1.82, 2.24) is 4.98 Å². The lowest BCUT2D eigenvalue weighted by Gasteiger charge is -2.37. The van der Waals surface area contributed by atoms with E-state index in [0.29, 0.717) is 45.5 Å². The number of halogens is 2. The van der Waals surface area contributed by atoms with Gasteiger partial charge in [-0.2, -0.15) is 0 Å². The van der Waals surface area contributed by atoms with Crippen LogP contribution in [0.5, 0.6) is 0 Å². The van der Waals surface area contributed by atoms with E-state index in [1.54, 1.807) is 29.3 Å². The van der Waals surface area contributed by atoms with Gasteiger partial charge in [-0.05, 0) is 41.7 Å². The molecule has 1 aromatic carbocycles. The Morgan fingerprint density at radius 3 is 2.65 bits per heavy atom. The molecule has 1 N–H and O–H groups in total. The number of amides is 1. The molecule has 5 nitrogen and oxygen atoms in total. The minimum atomic E-state index is -0.693. The molecule has 0 radical (unpaired) electrons. The summed E-state index contributed by atoms with van der Waals surface area (Å²) >= 11 is 12.8. The quantitative estimate of drug-likeness (QED) is 0.583. The van der Waals surface area contributed by atoms with Gasteiger partial charge in [-0.25, -0.2) is 4.98 Å². The van der Waals surface area contributed by atoms with Gasteiger partial charge in [0.1, 0.15) is 0 Å². The van der Waals surface area contributed by atoms with Gasteiger partial charge in [0.15, 0.2) is 11.6 Å². The maximum absolute atomic E-state index is 13.5. The van der Waals surface area contributed by atoms with Crippen molar-refractivity contribution in [1.29, 1.82) is 0 Å². The van der Waals surface area contributed by atoms with E-state index in [9.17, 15) is 9.59 Å². The van der Waals surface area contributed by atoms with Gasteiger partial charge >= 0.3 is 0 Å². The first kappa shape index (κ1) is 21.8. The second-order valence-electron chi connectivity index (χ2n) is 9.26. The van der Waals surface area contributed by atoms with Gasteiger partial charge in [0, 0.05) is 39.9 Å². The predicted octanol–water partition coefficient (Wildman–Crippen LogP) is 6.19. The third-order valence-corrected chi connectivity index (χ3v) is 6.30. The number of hydrogen-bond donors (Lipinski definition) is 1. The number of fused-ring (bicyclic) bond motifs is 1. The number of allylic oxidation sites excluding steroid dienone is 1. The zero-order valence-electron chi connectivity index (χ0n) is 18.0. The molecule has 1 aliphatic heterocycles. The fourth-order valence-electron chi connectivity index (χ4n) is 4.39. The Bertz CT molecular complexity index is 1110. The monoisotopic (exact) mass is 457 g/mol. The molecular weight excluding hydrogens is 433 g/mol. The molecule has 1 unspecified atom stereocenters. The van der Waals surface area contributed by atoms with Gasteiger partial charge in [0.05, 0.1) is 11.7 Å². The van der Waals surface area contributed by atoms with Crippen molar-refractivity contribution in [2.75, 3.05) is 10.2 Å². The van der Waals surface area contributed by atoms with Gasteiger partial charge in [-0.15, -0.1) is 0 Å². The molecule has 1 aromatic heterocycles. The van der Waals surface area contributed by atoms with Crippen molar-refractivity contribution in [2.45, 2.75) is 46.6 Å². The van der Waals surface area contributed by atoms with Crippen molar-refractivity contribution >= 4 is 46.4 Å². The Morgan fingerprint density at radius 1 is 1.23 bits per heavy atom. The molecule has 0 spiro atoms. The number of ketones is 1. The second-order valence-corrected chi connectivity index (χ2v) is 10.1. The molecule has 0 saturated heterocycles. The fourth-order valence-corrected chi connectivity index (χ4v) is 4.90. The number of anilines is 2. The molecule has 1 aliphatic carbocycles. The van der Waals surface area contributed by atoms with Crippen LogP contribution in [0.2, 0.25) is 10.0 Å². The molecular formula is C24H25Cl2N3O2. The average molecular weight is 458 g/mol. The van der Waals surface area contributed by atoms with Crippen LogP contribution in [0, 0.1) is 11.3 Å². The van der Waals surface area contributed by atoms with E-state index in [1.807, 2.05) is 26.0 Å². The topological polar surface area (TPSA) is 62.3 Å². The average Bonchev–Trinajstić information content (AvgIpc) is 2.80. The third kappa shape index (κ3) is 3.97. The minimum absolute atomic E-state index is 0.00382. The molecule has 4 rings (SSSR count). The normalized spacial score (nSPS) is 20.2. The van der Waals surface area contributed by atoms with E-state index in [2.05, 4.69) is 24.1 Å². The van der Waals surface area contributed by atoms with E-state index in [-0.39, 0.29) is 23.0 Å². The summed E-state index contributed by atoms with van der Waals surface area (Å²) in [5.74, 6) is 0.0474. The molecule has 162 valence electrons. The standard InChI is InChI=1S/C24H25Cl2N3O2/c1-13(2)23(31)29-21(15-8-7-14(25)10-16(15)26)20-18(11-24(3,4)12-19(20)30)28-17-6-5-9-27-22(17)29/h5-10,13,21,28H,11-12H2,1-4H3. The molecule has 0 saturated carbocycles. The number of hydrogen-bond acceptors (Lipinski definition) is 4. The Labute approximate surface area is 192 Å². The fraction of sp³-hybridized carbons (Fsp3) is 0.375.